The van der Waals surface area contributed by atoms with Crippen LogP contribution in [0.4, 0.5) is 10.6 Å². The van der Waals surface area contributed by atoms with Gasteiger partial charge in [0.15, 0.2) is 0 Å². The van der Waals surface area contributed by atoms with E-state index in [-0.39, 0.29) is 4.90 Å². The van der Waals surface area contributed by atoms with Crippen LogP contribution in [0.25, 0.3) is 5.69 Å². The van der Waals surface area contributed by atoms with Crippen LogP contribution in [0, 0.1) is 6.92 Å². The number of hydrazone groups is 1. The third kappa shape index (κ3) is 4.79. The van der Waals surface area contributed by atoms with Crippen molar-refractivity contribution < 1.29 is 13.2 Å². The Bertz CT molecular complexity index is 1150. The van der Waals surface area contributed by atoms with Gasteiger partial charge in [-0.05, 0) is 43.7 Å². The number of para-hydroxylation sites is 1. The molecule has 0 aliphatic carbocycles. The molecule has 2 amide bonds. The van der Waals surface area contributed by atoms with E-state index in [1.807, 2.05) is 30.3 Å². The number of hydrogen-bond donors (Lipinski definition) is 3. The quantitative estimate of drug-likeness (QED) is 0.423. The average Bonchev–Trinajstić information content (AvgIpc) is 3.06. The van der Waals surface area contributed by atoms with Crippen LogP contribution in [-0.4, -0.2) is 29.9 Å². The van der Waals surface area contributed by atoms with Gasteiger partial charge in [0.25, 0.3) is 10.0 Å². The molecule has 29 heavy (non-hydrogen) atoms. The van der Waals surface area contributed by atoms with Crippen LogP contribution < -0.4 is 15.9 Å². The first-order chi connectivity index (χ1) is 13.8. The monoisotopic (exact) mass is 412 g/mol. The summed E-state index contributed by atoms with van der Waals surface area (Å²) in [7, 11) is -3.84. The summed E-state index contributed by atoms with van der Waals surface area (Å²) in [5, 5.41) is 8.18. The number of aromatic nitrogens is 2. The highest BCUT2D eigenvalue weighted by Crippen LogP contribution is 2.21. The summed E-state index contributed by atoms with van der Waals surface area (Å²) >= 11 is 0. The Morgan fingerprint density at radius 1 is 1.10 bits per heavy atom. The largest absolute Gasteiger partial charge is 0.350 e. The fraction of sp³-hybridized carbons (Fsp3) is 0.105. The fourth-order valence-corrected chi connectivity index (χ4v) is 3.65. The second kappa shape index (κ2) is 8.15. The lowest BCUT2D eigenvalue weighted by molar-refractivity contribution is 0.249. The molecule has 0 spiro atoms. The molecule has 10 heteroatoms. The second-order valence-corrected chi connectivity index (χ2v) is 7.90. The smallest absolute Gasteiger partial charge is 0.332 e. The maximum atomic E-state index is 12.8. The van der Waals surface area contributed by atoms with Crippen molar-refractivity contribution in [3.8, 4) is 5.69 Å². The van der Waals surface area contributed by atoms with E-state index in [2.05, 4.69) is 20.3 Å². The predicted octanol–water partition coefficient (Wildman–Crippen LogP) is 2.37. The molecule has 0 aliphatic heterocycles. The van der Waals surface area contributed by atoms with Gasteiger partial charge in [-0.1, -0.05) is 30.3 Å². The minimum Gasteiger partial charge on any atom is -0.350 e. The number of aryl methyl sites for hydroxylation is 1. The lowest BCUT2D eigenvalue weighted by atomic mass is 10.1. The standard InChI is InChI=1S/C19H20N6O3S/c1-13-12-18(25(23-13)16-6-4-3-5-7-16)24-29(27,28)17-10-8-15(9-11-17)14(2)21-22-19(20)26/h3-12,24H,1-2H3,(H3,20,22,26)/b21-14+. The van der Waals surface area contributed by atoms with Gasteiger partial charge in [-0.2, -0.15) is 10.2 Å². The summed E-state index contributed by atoms with van der Waals surface area (Å²) < 4.78 is 29.8. The van der Waals surface area contributed by atoms with Gasteiger partial charge in [0, 0.05) is 6.07 Å². The Balaban J connectivity index is 1.86. The normalized spacial score (nSPS) is 11.9. The van der Waals surface area contributed by atoms with Crippen molar-refractivity contribution in [2.24, 2.45) is 10.8 Å². The van der Waals surface area contributed by atoms with Crippen LogP contribution in [0.1, 0.15) is 18.2 Å². The number of carbonyl (C=O) groups excluding carboxylic acids is 1. The van der Waals surface area contributed by atoms with Crippen molar-refractivity contribution >= 4 is 27.6 Å². The molecule has 2 aromatic carbocycles. The molecule has 9 nitrogen and oxygen atoms in total. The summed E-state index contributed by atoms with van der Waals surface area (Å²) in [6, 6.07) is 16.2. The molecule has 0 fully saturated rings. The predicted molar refractivity (Wildman–Crippen MR) is 110 cm³/mol. The molecule has 0 bridgehead atoms. The zero-order valence-electron chi connectivity index (χ0n) is 15.8. The number of carbonyl (C=O) groups is 1. The molecule has 0 aliphatic rings. The Labute approximate surface area is 168 Å². The van der Waals surface area contributed by atoms with E-state index in [1.165, 1.54) is 16.8 Å². The first-order valence-corrected chi connectivity index (χ1v) is 10.1. The molecule has 0 unspecified atom stereocenters. The average molecular weight is 412 g/mol. The lowest BCUT2D eigenvalue weighted by Crippen LogP contribution is -2.25. The third-order valence-electron chi connectivity index (χ3n) is 3.99. The molecule has 4 N–H and O–H groups in total. The molecule has 0 radical (unpaired) electrons. The van der Waals surface area contributed by atoms with Gasteiger partial charge >= 0.3 is 6.03 Å². The van der Waals surface area contributed by atoms with Crippen LogP contribution in [0.5, 0.6) is 0 Å². The first kappa shape index (κ1) is 20.1. The van der Waals surface area contributed by atoms with Gasteiger partial charge in [-0.3, -0.25) is 4.72 Å². The van der Waals surface area contributed by atoms with Crippen LogP contribution >= 0.6 is 0 Å². The highest BCUT2D eigenvalue weighted by Gasteiger charge is 2.18. The van der Waals surface area contributed by atoms with Crippen LogP contribution in [0.3, 0.4) is 0 Å². The molecule has 3 rings (SSSR count). The first-order valence-electron chi connectivity index (χ1n) is 8.61. The van der Waals surface area contributed by atoms with Gasteiger partial charge in [0.2, 0.25) is 0 Å². The molecule has 1 aromatic heterocycles. The molecule has 0 saturated carbocycles. The van der Waals surface area contributed by atoms with Crippen molar-refractivity contribution in [1.29, 1.82) is 0 Å². The van der Waals surface area contributed by atoms with E-state index >= 15 is 0 Å². The maximum Gasteiger partial charge on any atom is 0.332 e. The van der Waals surface area contributed by atoms with E-state index in [1.54, 1.807) is 32.0 Å². The van der Waals surface area contributed by atoms with Crippen LogP contribution in [0.15, 0.2) is 70.7 Å². The minimum atomic E-state index is -3.84. The van der Waals surface area contributed by atoms with Crippen molar-refractivity contribution in [2.75, 3.05) is 4.72 Å². The summed E-state index contributed by atoms with van der Waals surface area (Å²) in [6.45, 7) is 3.45. The Hall–Kier alpha value is -3.66. The van der Waals surface area contributed by atoms with E-state index in [4.69, 9.17) is 5.73 Å². The van der Waals surface area contributed by atoms with E-state index in [9.17, 15) is 13.2 Å². The number of benzene rings is 2. The van der Waals surface area contributed by atoms with Gasteiger partial charge in [0.05, 0.1) is 22.0 Å². The van der Waals surface area contributed by atoms with Gasteiger partial charge in [-0.25, -0.2) is 23.3 Å². The number of anilines is 1. The summed E-state index contributed by atoms with van der Waals surface area (Å²) in [6.07, 6.45) is 0. The number of urea groups is 1. The fourth-order valence-electron chi connectivity index (χ4n) is 2.61. The van der Waals surface area contributed by atoms with Crippen LogP contribution in [-0.2, 0) is 10.0 Å². The summed E-state index contributed by atoms with van der Waals surface area (Å²) in [4.78, 5) is 10.8. The van der Waals surface area contributed by atoms with E-state index in [0.29, 0.717) is 22.8 Å². The van der Waals surface area contributed by atoms with Crippen molar-refractivity contribution in [2.45, 2.75) is 18.7 Å². The number of amides is 2. The zero-order chi connectivity index (χ0) is 21.0. The molecule has 0 atom stereocenters. The Morgan fingerprint density at radius 2 is 1.76 bits per heavy atom. The highest BCUT2D eigenvalue weighted by atomic mass is 32.2. The van der Waals surface area contributed by atoms with Gasteiger partial charge < -0.3 is 5.73 Å². The van der Waals surface area contributed by atoms with Crippen molar-refractivity contribution in [3.05, 3.63) is 71.9 Å². The summed E-state index contributed by atoms with van der Waals surface area (Å²) in [5.74, 6) is 0.334. The molecule has 150 valence electrons. The van der Waals surface area contributed by atoms with Crippen LogP contribution in [0.2, 0.25) is 0 Å². The molecular weight excluding hydrogens is 392 g/mol. The van der Waals surface area contributed by atoms with Crippen molar-refractivity contribution in [3.63, 3.8) is 0 Å². The topological polar surface area (TPSA) is 131 Å². The molecule has 1 heterocycles. The zero-order valence-corrected chi connectivity index (χ0v) is 16.6. The molecular formula is C19H20N6O3S. The third-order valence-corrected chi connectivity index (χ3v) is 5.36. The Kier molecular flexibility index (Phi) is 5.64. The van der Waals surface area contributed by atoms with E-state index in [0.717, 1.165) is 5.69 Å². The number of nitrogens with one attached hydrogen (secondary N) is 2. The minimum absolute atomic E-state index is 0.0791. The number of primary amides is 1. The number of hydrogen-bond acceptors (Lipinski definition) is 5. The molecule has 3 aromatic rings. The van der Waals surface area contributed by atoms with Gasteiger partial charge in [-0.15, -0.1) is 0 Å². The SMILES string of the molecule is C/C(=N\NC(N)=O)c1ccc(S(=O)(=O)Nc2cc(C)nn2-c2ccccc2)cc1. The lowest BCUT2D eigenvalue weighted by Gasteiger charge is -2.11. The number of sulfonamides is 1. The number of nitrogens with zero attached hydrogens (tertiary/aromatic N) is 3. The second-order valence-electron chi connectivity index (χ2n) is 6.22. The Morgan fingerprint density at radius 3 is 2.38 bits per heavy atom. The van der Waals surface area contributed by atoms with Crippen molar-refractivity contribution in [1.82, 2.24) is 15.2 Å². The van der Waals surface area contributed by atoms with Gasteiger partial charge in [0.1, 0.15) is 5.82 Å². The molecule has 0 saturated heterocycles. The highest BCUT2D eigenvalue weighted by molar-refractivity contribution is 7.92. The maximum absolute atomic E-state index is 12.8. The number of rotatable bonds is 6. The summed E-state index contributed by atoms with van der Waals surface area (Å²) in [5.41, 5.74) is 9.65. The number of nitrogens with two attached hydrogens (primary N) is 1. The van der Waals surface area contributed by atoms with E-state index < -0.39 is 16.1 Å².